The van der Waals surface area contributed by atoms with Crippen molar-refractivity contribution in [1.82, 2.24) is 0 Å². The number of aliphatic hydroxyl groups excluding tert-OH is 1. The molecule has 1 aromatic rings. The van der Waals surface area contributed by atoms with Gasteiger partial charge in [0.15, 0.2) is 0 Å². The average molecular weight is 176 g/mol. The molecule has 0 aliphatic rings. The molecule has 0 aliphatic heterocycles. The van der Waals surface area contributed by atoms with Gasteiger partial charge in [-0.15, -0.1) is 0 Å². The molecule has 0 bridgehead atoms. The van der Waals surface area contributed by atoms with E-state index in [9.17, 15) is 0 Å². The van der Waals surface area contributed by atoms with E-state index < -0.39 is 0 Å². The highest BCUT2D eigenvalue weighted by Gasteiger charge is 2.05. The molecule has 0 aromatic heterocycles. The van der Waals surface area contributed by atoms with Crippen molar-refractivity contribution in [2.24, 2.45) is 0 Å². The fourth-order valence-electron chi connectivity index (χ4n) is 1.21. The Hall–Kier alpha value is -1.53. The third-order valence-electron chi connectivity index (χ3n) is 1.80. The highest BCUT2D eigenvalue weighted by Crippen LogP contribution is 2.20. The van der Waals surface area contributed by atoms with E-state index in [2.05, 4.69) is 11.4 Å². The van der Waals surface area contributed by atoms with E-state index in [0.717, 1.165) is 17.8 Å². The molecule has 0 saturated heterocycles. The van der Waals surface area contributed by atoms with Gasteiger partial charge >= 0.3 is 0 Å². The standard InChI is InChI=1S/C10H12N2O/c1-2-12-10-8(6-11)4-3-5-9(10)7-13/h3-5,12-13H,2,7H2,1H3. The van der Waals surface area contributed by atoms with Gasteiger partial charge in [0.05, 0.1) is 17.9 Å². The van der Waals surface area contributed by atoms with Crippen molar-refractivity contribution in [1.29, 1.82) is 5.26 Å². The molecule has 0 atom stereocenters. The van der Waals surface area contributed by atoms with Crippen molar-refractivity contribution < 1.29 is 5.11 Å². The second kappa shape index (κ2) is 4.48. The molecule has 13 heavy (non-hydrogen) atoms. The van der Waals surface area contributed by atoms with E-state index in [-0.39, 0.29) is 6.61 Å². The van der Waals surface area contributed by atoms with Gasteiger partial charge in [0.2, 0.25) is 0 Å². The number of nitrogens with zero attached hydrogens (tertiary/aromatic N) is 1. The molecule has 2 N–H and O–H groups in total. The maximum atomic E-state index is 9.02. The first-order chi connectivity index (χ1) is 6.33. The number of hydrogen-bond acceptors (Lipinski definition) is 3. The van der Waals surface area contributed by atoms with Crippen LogP contribution in [0.2, 0.25) is 0 Å². The highest BCUT2D eigenvalue weighted by molar-refractivity contribution is 5.62. The van der Waals surface area contributed by atoms with Crippen molar-refractivity contribution in [3.8, 4) is 6.07 Å². The van der Waals surface area contributed by atoms with Crippen molar-refractivity contribution in [3.05, 3.63) is 29.3 Å². The lowest BCUT2D eigenvalue weighted by molar-refractivity contribution is 0.282. The average Bonchev–Trinajstić information content (AvgIpc) is 2.18. The topological polar surface area (TPSA) is 56.0 Å². The summed E-state index contributed by atoms with van der Waals surface area (Å²) in [5, 5.41) is 20.9. The van der Waals surface area contributed by atoms with E-state index in [1.54, 1.807) is 18.2 Å². The molecule has 0 heterocycles. The second-order valence-corrected chi connectivity index (χ2v) is 2.64. The predicted molar refractivity (Wildman–Crippen MR) is 51.2 cm³/mol. The Morgan fingerprint density at radius 3 is 2.85 bits per heavy atom. The van der Waals surface area contributed by atoms with E-state index in [1.807, 2.05) is 6.92 Å². The minimum atomic E-state index is -0.0438. The molecule has 3 heteroatoms. The van der Waals surface area contributed by atoms with Crippen LogP contribution in [0.3, 0.4) is 0 Å². The van der Waals surface area contributed by atoms with Gasteiger partial charge in [-0.3, -0.25) is 0 Å². The zero-order chi connectivity index (χ0) is 9.68. The molecule has 0 radical (unpaired) electrons. The molecular weight excluding hydrogens is 164 g/mol. The Labute approximate surface area is 77.6 Å². The van der Waals surface area contributed by atoms with E-state index in [4.69, 9.17) is 10.4 Å². The van der Waals surface area contributed by atoms with Crippen LogP contribution >= 0.6 is 0 Å². The van der Waals surface area contributed by atoms with Gasteiger partial charge in [0, 0.05) is 12.1 Å². The lowest BCUT2D eigenvalue weighted by Gasteiger charge is -2.09. The Bertz CT molecular complexity index is 328. The minimum Gasteiger partial charge on any atom is -0.392 e. The lowest BCUT2D eigenvalue weighted by atomic mass is 10.1. The Kier molecular flexibility index (Phi) is 3.30. The van der Waals surface area contributed by atoms with Gasteiger partial charge in [-0.25, -0.2) is 0 Å². The predicted octanol–water partition coefficient (Wildman–Crippen LogP) is 1.48. The van der Waals surface area contributed by atoms with Crippen LogP contribution in [0, 0.1) is 11.3 Å². The first kappa shape index (κ1) is 9.56. The van der Waals surface area contributed by atoms with Crippen LogP contribution < -0.4 is 5.32 Å². The van der Waals surface area contributed by atoms with E-state index in [0.29, 0.717) is 5.56 Å². The summed E-state index contributed by atoms with van der Waals surface area (Å²) in [5.41, 5.74) is 2.09. The molecule has 0 saturated carbocycles. The van der Waals surface area contributed by atoms with E-state index >= 15 is 0 Å². The molecule has 1 aromatic carbocycles. The largest absolute Gasteiger partial charge is 0.392 e. The Balaban J connectivity index is 3.15. The van der Waals surface area contributed by atoms with Crippen LogP contribution in [0.15, 0.2) is 18.2 Å². The van der Waals surface area contributed by atoms with Gasteiger partial charge in [0.25, 0.3) is 0 Å². The number of para-hydroxylation sites is 1. The minimum absolute atomic E-state index is 0.0438. The van der Waals surface area contributed by atoms with Crippen molar-refractivity contribution >= 4 is 5.69 Å². The Morgan fingerprint density at radius 2 is 2.31 bits per heavy atom. The van der Waals surface area contributed by atoms with Gasteiger partial charge in [-0.1, -0.05) is 12.1 Å². The first-order valence-electron chi connectivity index (χ1n) is 4.20. The third-order valence-corrected chi connectivity index (χ3v) is 1.80. The van der Waals surface area contributed by atoms with Gasteiger partial charge in [-0.05, 0) is 13.0 Å². The van der Waals surface area contributed by atoms with Crippen LogP contribution in [0.5, 0.6) is 0 Å². The van der Waals surface area contributed by atoms with Crippen LogP contribution in [-0.4, -0.2) is 11.7 Å². The second-order valence-electron chi connectivity index (χ2n) is 2.64. The van der Waals surface area contributed by atoms with Gasteiger partial charge in [-0.2, -0.15) is 5.26 Å². The molecule has 3 nitrogen and oxygen atoms in total. The molecule has 0 unspecified atom stereocenters. The molecule has 0 spiro atoms. The zero-order valence-electron chi connectivity index (χ0n) is 7.54. The maximum absolute atomic E-state index is 9.02. The summed E-state index contributed by atoms with van der Waals surface area (Å²) >= 11 is 0. The highest BCUT2D eigenvalue weighted by atomic mass is 16.3. The summed E-state index contributed by atoms with van der Waals surface area (Å²) in [6.45, 7) is 2.65. The zero-order valence-corrected chi connectivity index (χ0v) is 7.54. The quantitative estimate of drug-likeness (QED) is 0.733. The molecule has 0 fully saturated rings. The summed E-state index contributed by atoms with van der Waals surface area (Å²) in [4.78, 5) is 0. The molecular formula is C10H12N2O. The fraction of sp³-hybridized carbons (Fsp3) is 0.300. The summed E-state index contributed by atoms with van der Waals surface area (Å²) in [7, 11) is 0. The van der Waals surface area contributed by atoms with Crippen LogP contribution in [-0.2, 0) is 6.61 Å². The van der Waals surface area contributed by atoms with Crippen molar-refractivity contribution in [3.63, 3.8) is 0 Å². The summed E-state index contributed by atoms with van der Waals surface area (Å²) in [6.07, 6.45) is 0. The summed E-state index contributed by atoms with van der Waals surface area (Å²) in [6, 6.07) is 7.39. The first-order valence-corrected chi connectivity index (χ1v) is 4.20. The number of hydrogen-bond donors (Lipinski definition) is 2. The maximum Gasteiger partial charge on any atom is 0.101 e. The number of rotatable bonds is 3. The SMILES string of the molecule is CCNc1c(C#N)cccc1CO. The van der Waals surface area contributed by atoms with Crippen LogP contribution in [0.25, 0.3) is 0 Å². The monoisotopic (exact) mass is 176 g/mol. The third kappa shape index (κ3) is 1.98. The number of nitriles is 1. The molecule has 68 valence electrons. The number of anilines is 1. The number of benzene rings is 1. The summed E-state index contributed by atoms with van der Waals surface area (Å²) < 4.78 is 0. The lowest BCUT2D eigenvalue weighted by Crippen LogP contribution is -2.03. The molecule has 0 amide bonds. The smallest absolute Gasteiger partial charge is 0.101 e. The van der Waals surface area contributed by atoms with Crippen LogP contribution in [0.1, 0.15) is 18.1 Å². The van der Waals surface area contributed by atoms with E-state index in [1.165, 1.54) is 0 Å². The van der Waals surface area contributed by atoms with Gasteiger partial charge in [0.1, 0.15) is 6.07 Å². The van der Waals surface area contributed by atoms with Gasteiger partial charge < -0.3 is 10.4 Å². The Morgan fingerprint density at radius 1 is 1.54 bits per heavy atom. The molecule has 0 aliphatic carbocycles. The summed E-state index contributed by atoms with van der Waals surface area (Å²) in [5.74, 6) is 0. The van der Waals surface area contributed by atoms with Crippen molar-refractivity contribution in [2.45, 2.75) is 13.5 Å². The number of aliphatic hydroxyl groups is 1. The fourth-order valence-corrected chi connectivity index (χ4v) is 1.21. The normalized spacial score (nSPS) is 9.31. The number of nitrogens with one attached hydrogen (secondary N) is 1. The molecule has 1 rings (SSSR count). The van der Waals surface area contributed by atoms with Crippen LogP contribution in [0.4, 0.5) is 5.69 Å². The van der Waals surface area contributed by atoms with Crippen molar-refractivity contribution in [2.75, 3.05) is 11.9 Å².